The molecule has 11 nitrogen and oxygen atoms in total. The summed E-state index contributed by atoms with van der Waals surface area (Å²) in [6.07, 6.45) is 3.25. The van der Waals surface area contributed by atoms with E-state index < -0.39 is 12.0 Å². The molecule has 48 heavy (non-hydrogen) atoms. The molecule has 0 unspecified atom stereocenters. The van der Waals surface area contributed by atoms with E-state index in [4.69, 9.17) is 33.2 Å². The Bertz CT molecular complexity index is 2070. The number of hydrogen-bond donors (Lipinski definition) is 0. The fourth-order valence-electron chi connectivity index (χ4n) is 5.40. The minimum Gasteiger partial charge on any atom is -0.490 e. The first kappa shape index (κ1) is 33.4. The Kier molecular flexibility index (Phi) is 10.2. The summed E-state index contributed by atoms with van der Waals surface area (Å²) >= 11 is 3.43. The topological polar surface area (TPSA) is 116 Å². The third-order valence-electron chi connectivity index (χ3n) is 7.46. The van der Waals surface area contributed by atoms with Crippen molar-refractivity contribution in [2.45, 2.75) is 33.4 Å². The quantitative estimate of drug-likeness (QED) is 0.143. The minimum atomic E-state index is -0.795. The standard InChI is InChI=1S/C35H33IN2O9S/c1-5-42-25-11-9-22(16-28(25)43-6-2)31-23(34(40)41-4)17-37-35-38(31)33(39)30(48-35)15-21-12-24(36)32(29(14-21)44-7-3)45-18-20-8-10-26-27(13-20)47-19-46-26/h8-17,31H,5-7,18-19H2,1-4H3/b30-15-/t31-/m0/s1. The molecule has 0 radical (unpaired) electrons. The molecule has 2 aliphatic rings. The monoisotopic (exact) mass is 784 g/mol. The number of methoxy groups -OCH3 is 1. The Hall–Kier alpha value is -4.50. The summed E-state index contributed by atoms with van der Waals surface area (Å²) in [5.41, 5.74) is 2.23. The maximum absolute atomic E-state index is 14.1. The number of nitrogens with zero attached hydrogens (tertiary/aromatic N) is 2. The Balaban J connectivity index is 1.37. The number of carbonyl (C=O) groups is 1. The highest BCUT2D eigenvalue weighted by molar-refractivity contribution is 14.1. The van der Waals surface area contributed by atoms with Gasteiger partial charge in [0.15, 0.2) is 39.3 Å². The Morgan fingerprint density at radius 2 is 1.71 bits per heavy atom. The van der Waals surface area contributed by atoms with Crippen molar-refractivity contribution in [3.05, 3.63) is 100 Å². The van der Waals surface area contributed by atoms with Gasteiger partial charge in [0.05, 0.1) is 46.6 Å². The fraction of sp³-hybridized carbons (Fsp3) is 0.286. The second-order valence-corrected chi connectivity index (χ2v) is 12.7. The van der Waals surface area contributed by atoms with Crippen molar-refractivity contribution in [3.63, 3.8) is 0 Å². The normalized spacial score (nSPS) is 14.9. The molecule has 0 saturated heterocycles. The average Bonchev–Trinajstić information content (AvgIpc) is 3.68. The molecule has 0 amide bonds. The zero-order chi connectivity index (χ0) is 33.8. The Morgan fingerprint density at radius 3 is 2.48 bits per heavy atom. The van der Waals surface area contributed by atoms with Gasteiger partial charge < -0.3 is 33.2 Å². The first-order valence-electron chi connectivity index (χ1n) is 15.3. The molecule has 3 heterocycles. The maximum atomic E-state index is 14.1. The van der Waals surface area contributed by atoms with Gasteiger partial charge in [-0.15, -0.1) is 0 Å². The van der Waals surface area contributed by atoms with E-state index in [1.807, 2.05) is 57.2 Å². The van der Waals surface area contributed by atoms with E-state index >= 15 is 0 Å². The lowest BCUT2D eigenvalue weighted by Gasteiger charge is -2.23. The van der Waals surface area contributed by atoms with Crippen LogP contribution in [0, 0.1) is 3.57 Å². The van der Waals surface area contributed by atoms with Crippen LogP contribution in [0.4, 0.5) is 0 Å². The summed E-state index contributed by atoms with van der Waals surface area (Å²) < 4.78 is 42.5. The minimum absolute atomic E-state index is 0.203. The molecule has 2 aliphatic heterocycles. The van der Waals surface area contributed by atoms with Gasteiger partial charge >= 0.3 is 5.97 Å². The smallest absolute Gasteiger partial charge is 0.337 e. The molecule has 250 valence electrons. The van der Waals surface area contributed by atoms with Crippen LogP contribution in [0.25, 0.3) is 6.08 Å². The molecule has 13 heteroatoms. The van der Waals surface area contributed by atoms with Crippen LogP contribution in [-0.2, 0) is 16.1 Å². The highest BCUT2D eigenvalue weighted by atomic mass is 127. The lowest BCUT2D eigenvalue weighted by atomic mass is 9.97. The van der Waals surface area contributed by atoms with E-state index in [1.165, 1.54) is 29.2 Å². The molecule has 6 rings (SSSR count). The highest BCUT2D eigenvalue weighted by Gasteiger charge is 2.31. The molecule has 0 fully saturated rings. The number of aromatic nitrogens is 1. The van der Waals surface area contributed by atoms with Crippen molar-refractivity contribution in [3.8, 4) is 34.5 Å². The molecule has 1 aromatic heterocycles. The lowest BCUT2D eigenvalue weighted by Crippen LogP contribution is -2.39. The van der Waals surface area contributed by atoms with Crippen LogP contribution < -0.4 is 43.3 Å². The van der Waals surface area contributed by atoms with Gasteiger partial charge in [0.25, 0.3) is 5.56 Å². The van der Waals surface area contributed by atoms with E-state index in [2.05, 4.69) is 27.6 Å². The number of carbonyl (C=O) groups excluding carboxylic acids is 1. The lowest BCUT2D eigenvalue weighted by molar-refractivity contribution is -0.136. The number of hydrogen-bond acceptors (Lipinski definition) is 11. The van der Waals surface area contributed by atoms with Gasteiger partial charge in [0.2, 0.25) is 6.79 Å². The van der Waals surface area contributed by atoms with Crippen LogP contribution in [0.2, 0.25) is 0 Å². The van der Waals surface area contributed by atoms with Crippen molar-refractivity contribution >= 4 is 46.0 Å². The average molecular weight is 785 g/mol. The third-order valence-corrected chi connectivity index (χ3v) is 9.26. The number of fused-ring (bicyclic) bond motifs is 2. The van der Waals surface area contributed by atoms with Gasteiger partial charge in [-0.2, -0.15) is 0 Å². The number of esters is 1. The molecule has 0 bridgehead atoms. The van der Waals surface area contributed by atoms with Crippen LogP contribution in [0.3, 0.4) is 0 Å². The van der Waals surface area contributed by atoms with Crippen molar-refractivity contribution in [1.82, 2.24) is 4.57 Å². The predicted molar refractivity (Wildman–Crippen MR) is 187 cm³/mol. The first-order chi connectivity index (χ1) is 23.3. The molecular weight excluding hydrogens is 751 g/mol. The number of rotatable bonds is 12. The predicted octanol–water partition coefficient (Wildman–Crippen LogP) is 5.13. The van der Waals surface area contributed by atoms with E-state index in [9.17, 15) is 9.59 Å². The number of benzene rings is 3. The summed E-state index contributed by atoms with van der Waals surface area (Å²) in [4.78, 5) is 32.0. The van der Waals surface area contributed by atoms with Crippen LogP contribution in [-0.4, -0.2) is 44.3 Å². The van der Waals surface area contributed by atoms with Gasteiger partial charge in [-0.25, -0.2) is 9.79 Å². The van der Waals surface area contributed by atoms with Crippen LogP contribution in [0.5, 0.6) is 34.5 Å². The molecule has 3 aromatic carbocycles. The molecule has 0 aliphatic carbocycles. The summed E-state index contributed by atoms with van der Waals surface area (Å²) in [6.45, 7) is 7.45. The van der Waals surface area contributed by atoms with Crippen molar-refractivity contribution in [1.29, 1.82) is 0 Å². The van der Waals surface area contributed by atoms with Crippen molar-refractivity contribution < 1.29 is 38.0 Å². The van der Waals surface area contributed by atoms with Crippen molar-refractivity contribution in [2.24, 2.45) is 4.99 Å². The summed E-state index contributed by atoms with van der Waals surface area (Å²) in [5.74, 6) is 3.04. The molecule has 4 aromatic rings. The van der Waals surface area contributed by atoms with Gasteiger partial charge in [-0.1, -0.05) is 23.5 Å². The van der Waals surface area contributed by atoms with Gasteiger partial charge in [0, 0.05) is 6.20 Å². The number of thiazole rings is 1. The number of halogens is 1. The molecule has 0 saturated carbocycles. The van der Waals surface area contributed by atoms with E-state index in [0.717, 1.165) is 14.7 Å². The van der Waals surface area contributed by atoms with E-state index in [-0.39, 0.29) is 17.9 Å². The zero-order valence-electron chi connectivity index (χ0n) is 26.7. The summed E-state index contributed by atoms with van der Waals surface area (Å²) in [7, 11) is 1.30. The fourth-order valence-corrected chi connectivity index (χ4v) is 7.15. The molecule has 0 N–H and O–H groups in total. The second-order valence-electron chi connectivity index (χ2n) is 10.5. The molecule has 0 spiro atoms. The van der Waals surface area contributed by atoms with Crippen LogP contribution >= 0.6 is 33.9 Å². The summed E-state index contributed by atoms with van der Waals surface area (Å²) in [5, 5.41) is 0. The summed E-state index contributed by atoms with van der Waals surface area (Å²) in [6, 6.07) is 14.0. The largest absolute Gasteiger partial charge is 0.490 e. The SMILES string of the molecule is CCOc1ccc([C@H]2C(C(=O)OC)=CN=c3s/c(=C\c4cc(I)c(OCc5ccc6c(c5)OCO6)c(OCC)c4)c(=O)n32)cc1OCC. The third kappa shape index (κ3) is 6.74. The van der Waals surface area contributed by atoms with Gasteiger partial charge in [-0.05, 0) is 103 Å². The van der Waals surface area contributed by atoms with Crippen LogP contribution in [0.15, 0.2) is 70.1 Å². The highest BCUT2D eigenvalue weighted by Crippen LogP contribution is 2.38. The van der Waals surface area contributed by atoms with E-state index in [1.54, 1.807) is 18.2 Å². The first-order valence-corrected chi connectivity index (χ1v) is 17.2. The number of ether oxygens (including phenoxy) is 7. The van der Waals surface area contributed by atoms with Gasteiger partial charge in [0.1, 0.15) is 6.61 Å². The maximum Gasteiger partial charge on any atom is 0.337 e. The van der Waals surface area contributed by atoms with Crippen molar-refractivity contribution in [2.75, 3.05) is 33.7 Å². The van der Waals surface area contributed by atoms with Gasteiger partial charge in [-0.3, -0.25) is 9.36 Å². The van der Waals surface area contributed by atoms with Crippen LogP contribution in [0.1, 0.15) is 43.5 Å². The van der Waals surface area contributed by atoms with E-state index in [0.29, 0.717) is 75.8 Å². The molecular formula is C35H33IN2O9S. The Labute approximate surface area is 294 Å². The zero-order valence-corrected chi connectivity index (χ0v) is 29.7. The second kappa shape index (κ2) is 14.7. The molecule has 1 atom stereocenters. The Morgan fingerprint density at radius 1 is 0.958 bits per heavy atom.